The van der Waals surface area contributed by atoms with Crippen molar-refractivity contribution in [3.63, 3.8) is 0 Å². The average molecular weight is 458 g/mol. The molecule has 3 amide bonds. The van der Waals surface area contributed by atoms with Gasteiger partial charge in [0.1, 0.15) is 17.9 Å². The van der Waals surface area contributed by atoms with Crippen LogP contribution in [0.5, 0.6) is 5.75 Å². The molecule has 26 heavy (non-hydrogen) atoms. The fourth-order valence-electron chi connectivity index (χ4n) is 2.73. The molecule has 2 aromatic rings. The lowest BCUT2D eigenvalue weighted by atomic mass is 9.92. The van der Waals surface area contributed by atoms with Gasteiger partial charge in [0, 0.05) is 9.50 Å². The first kappa shape index (κ1) is 19.0. The predicted octanol–water partition coefficient (Wildman–Crippen LogP) is 4.60. The van der Waals surface area contributed by atoms with Crippen LogP contribution < -0.4 is 10.1 Å². The maximum Gasteiger partial charge on any atom is 0.325 e. The highest BCUT2D eigenvalue weighted by Crippen LogP contribution is 2.31. The van der Waals surface area contributed by atoms with Crippen molar-refractivity contribution in [2.24, 2.45) is 0 Å². The van der Waals surface area contributed by atoms with Crippen molar-refractivity contribution >= 4 is 51.1 Å². The van der Waals surface area contributed by atoms with E-state index in [1.165, 1.54) is 0 Å². The van der Waals surface area contributed by atoms with E-state index in [9.17, 15) is 9.59 Å². The number of halogens is 3. The second-order valence-electron chi connectivity index (χ2n) is 5.95. The summed E-state index contributed by atoms with van der Waals surface area (Å²) in [6.45, 7) is 1.91. The molecule has 3 rings (SSSR count). The van der Waals surface area contributed by atoms with E-state index in [4.69, 9.17) is 27.9 Å². The molecule has 1 N–H and O–H groups in total. The number of rotatable bonds is 5. The van der Waals surface area contributed by atoms with Gasteiger partial charge in [-0.05, 0) is 42.8 Å². The molecule has 1 heterocycles. The van der Waals surface area contributed by atoms with Crippen LogP contribution in [0.3, 0.4) is 0 Å². The number of amides is 3. The molecule has 5 nitrogen and oxygen atoms in total. The van der Waals surface area contributed by atoms with Crippen LogP contribution in [0.2, 0.25) is 10.0 Å². The number of nitrogens with one attached hydrogen (secondary N) is 1. The maximum atomic E-state index is 12.8. The van der Waals surface area contributed by atoms with Crippen LogP contribution >= 0.6 is 39.1 Å². The van der Waals surface area contributed by atoms with Crippen molar-refractivity contribution in [2.75, 3.05) is 13.2 Å². The molecule has 0 aromatic heterocycles. The van der Waals surface area contributed by atoms with Crippen molar-refractivity contribution in [3.05, 3.63) is 62.5 Å². The maximum absolute atomic E-state index is 12.8. The van der Waals surface area contributed by atoms with Crippen LogP contribution in [0.1, 0.15) is 12.5 Å². The minimum absolute atomic E-state index is 0.104. The van der Waals surface area contributed by atoms with E-state index < -0.39 is 11.6 Å². The molecule has 1 fully saturated rings. The number of benzene rings is 2. The number of ether oxygens (including phenoxy) is 1. The van der Waals surface area contributed by atoms with Gasteiger partial charge < -0.3 is 10.1 Å². The molecule has 1 atom stereocenters. The van der Waals surface area contributed by atoms with Crippen molar-refractivity contribution in [3.8, 4) is 5.75 Å². The third-order valence-corrected chi connectivity index (χ3v) is 5.17. The van der Waals surface area contributed by atoms with Gasteiger partial charge in [0.2, 0.25) is 0 Å². The Bertz CT molecular complexity index is 877. The Morgan fingerprint density at radius 1 is 1.19 bits per heavy atom. The van der Waals surface area contributed by atoms with Gasteiger partial charge in [-0.15, -0.1) is 0 Å². The fraction of sp³-hybridized carbons (Fsp3) is 0.222. The summed E-state index contributed by atoms with van der Waals surface area (Å²) in [5, 5.41) is 3.63. The fourth-order valence-corrected chi connectivity index (χ4v) is 3.60. The van der Waals surface area contributed by atoms with Crippen LogP contribution in [-0.4, -0.2) is 30.0 Å². The van der Waals surface area contributed by atoms with Crippen molar-refractivity contribution in [1.82, 2.24) is 10.2 Å². The summed E-state index contributed by atoms with van der Waals surface area (Å²) < 4.78 is 6.40. The van der Waals surface area contributed by atoms with Crippen molar-refractivity contribution in [2.45, 2.75) is 12.5 Å². The van der Waals surface area contributed by atoms with Gasteiger partial charge in [0.05, 0.1) is 11.6 Å². The number of imide groups is 1. The molecule has 136 valence electrons. The topological polar surface area (TPSA) is 58.6 Å². The van der Waals surface area contributed by atoms with E-state index in [0.717, 1.165) is 9.37 Å². The lowest BCUT2D eigenvalue weighted by molar-refractivity contribution is -0.131. The second kappa shape index (κ2) is 7.47. The Morgan fingerprint density at radius 2 is 1.96 bits per heavy atom. The number of carbonyl (C=O) groups excluding carboxylic acids is 2. The number of urea groups is 1. The van der Waals surface area contributed by atoms with E-state index in [1.807, 2.05) is 18.2 Å². The van der Waals surface area contributed by atoms with Crippen LogP contribution in [0.4, 0.5) is 4.79 Å². The number of hydrogen-bond donors (Lipinski definition) is 1. The first-order valence-corrected chi connectivity index (χ1v) is 9.34. The summed E-state index contributed by atoms with van der Waals surface area (Å²) in [5.74, 6) is 0.115. The van der Waals surface area contributed by atoms with E-state index in [0.29, 0.717) is 21.4 Å². The number of nitrogens with zero attached hydrogens (tertiary/aromatic N) is 1. The average Bonchev–Trinajstić information content (AvgIpc) is 2.81. The molecule has 1 unspecified atom stereocenters. The summed E-state index contributed by atoms with van der Waals surface area (Å²) in [7, 11) is 0. The highest BCUT2D eigenvalue weighted by Gasteiger charge is 2.48. The first-order valence-electron chi connectivity index (χ1n) is 7.79. The van der Waals surface area contributed by atoms with E-state index in [2.05, 4.69) is 21.2 Å². The quantitative estimate of drug-likeness (QED) is 0.667. The van der Waals surface area contributed by atoms with Gasteiger partial charge in [0.25, 0.3) is 5.91 Å². The molecular weight excluding hydrogens is 443 g/mol. The Labute approximate surface area is 169 Å². The van der Waals surface area contributed by atoms with Crippen molar-refractivity contribution in [1.29, 1.82) is 0 Å². The summed E-state index contributed by atoms with van der Waals surface area (Å²) in [6.07, 6.45) is 0. The first-order chi connectivity index (χ1) is 12.3. The van der Waals surface area contributed by atoms with Crippen LogP contribution in [0.25, 0.3) is 0 Å². The SMILES string of the molecule is CC1(c2cccc(Br)c2)NC(=O)N(CCOc2ccc(Cl)cc2Cl)C1=O. The zero-order valence-corrected chi connectivity index (χ0v) is 16.9. The summed E-state index contributed by atoms with van der Waals surface area (Å²) in [4.78, 5) is 26.3. The lowest BCUT2D eigenvalue weighted by Crippen LogP contribution is -2.41. The number of carbonyl (C=O) groups is 2. The molecule has 0 spiro atoms. The molecule has 0 aliphatic carbocycles. The molecular formula is C18H15BrCl2N2O3. The summed E-state index contributed by atoms with van der Waals surface area (Å²) in [5.41, 5.74) is -0.409. The van der Waals surface area contributed by atoms with E-state index >= 15 is 0 Å². The Balaban J connectivity index is 1.69. The molecule has 8 heteroatoms. The Kier molecular flexibility index (Phi) is 5.46. The van der Waals surface area contributed by atoms with Crippen molar-refractivity contribution < 1.29 is 14.3 Å². The minimum atomic E-state index is -1.11. The second-order valence-corrected chi connectivity index (χ2v) is 7.70. The zero-order valence-electron chi connectivity index (χ0n) is 13.8. The van der Waals surface area contributed by atoms with Gasteiger partial charge in [-0.1, -0.05) is 51.3 Å². The van der Waals surface area contributed by atoms with E-state index in [-0.39, 0.29) is 19.1 Å². The highest BCUT2D eigenvalue weighted by atomic mass is 79.9. The van der Waals surface area contributed by atoms with Crippen LogP contribution in [0, 0.1) is 0 Å². The minimum Gasteiger partial charge on any atom is -0.490 e. The predicted molar refractivity (Wildman–Crippen MR) is 104 cm³/mol. The normalized spacial score (nSPS) is 19.6. The summed E-state index contributed by atoms with van der Waals surface area (Å²) >= 11 is 15.3. The Morgan fingerprint density at radius 3 is 2.65 bits per heavy atom. The smallest absolute Gasteiger partial charge is 0.325 e. The molecule has 2 aromatic carbocycles. The third-order valence-electron chi connectivity index (χ3n) is 4.14. The monoisotopic (exact) mass is 456 g/mol. The van der Waals surface area contributed by atoms with Crippen LogP contribution in [-0.2, 0) is 10.3 Å². The van der Waals surface area contributed by atoms with Gasteiger partial charge >= 0.3 is 6.03 Å². The van der Waals surface area contributed by atoms with Gasteiger partial charge in [0.15, 0.2) is 0 Å². The largest absolute Gasteiger partial charge is 0.490 e. The highest BCUT2D eigenvalue weighted by molar-refractivity contribution is 9.10. The summed E-state index contributed by atoms with van der Waals surface area (Å²) in [6, 6.07) is 11.7. The molecule has 1 aliphatic rings. The van der Waals surface area contributed by atoms with Gasteiger partial charge in [-0.25, -0.2) is 4.79 Å². The molecule has 0 bridgehead atoms. The zero-order chi connectivity index (χ0) is 18.9. The van der Waals surface area contributed by atoms with Crippen LogP contribution in [0.15, 0.2) is 46.9 Å². The third kappa shape index (κ3) is 3.68. The molecule has 1 saturated heterocycles. The molecule has 1 aliphatic heterocycles. The standard InChI is InChI=1S/C18H15BrCl2N2O3/c1-18(11-3-2-4-12(19)9-11)16(24)23(17(25)22-18)7-8-26-15-6-5-13(20)10-14(15)21/h2-6,9-10H,7-8H2,1H3,(H,22,25). The van der Waals surface area contributed by atoms with E-state index in [1.54, 1.807) is 31.2 Å². The molecule has 0 radical (unpaired) electrons. The van der Waals surface area contributed by atoms with Gasteiger partial charge in [-0.2, -0.15) is 0 Å². The lowest BCUT2D eigenvalue weighted by Gasteiger charge is -2.22. The number of hydrogen-bond acceptors (Lipinski definition) is 3. The van der Waals surface area contributed by atoms with Gasteiger partial charge in [-0.3, -0.25) is 9.69 Å². The Hall–Kier alpha value is -1.76. The molecule has 0 saturated carbocycles.